The monoisotopic (exact) mass is 232 g/mol. The summed E-state index contributed by atoms with van der Waals surface area (Å²) in [4.78, 5) is 10.8. The average molecular weight is 232 g/mol. The standard InChI is InChI=1S/C13H12O4/c1-9-12(17-13(15)16-9)11(14)8-7-10-5-3-2-4-6-10/h2-8,11-12,14H,1H2/b8-7+/t11-,12-/m0/s1. The SMILES string of the molecule is C=C1OC(=O)O[C@@H]1[C@@H](O)/C=C/c1ccccc1. The molecule has 2 atom stereocenters. The summed E-state index contributed by atoms with van der Waals surface area (Å²) in [7, 11) is 0. The fourth-order valence-electron chi connectivity index (χ4n) is 1.49. The number of hydrogen-bond acceptors (Lipinski definition) is 4. The van der Waals surface area contributed by atoms with Gasteiger partial charge in [-0.15, -0.1) is 0 Å². The van der Waals surface area contributed by atoms with Crippen molar-refractivity contribution in [2.75, 3.05) is 0 Å². The highest BCUT2D eigenvalue weighted by atomic mass is 16.8. The highest BCUT2D eigenvalue weighted by Gasteiger charge is 2.34. The third-order valence-corrected chi connectivity index (χ3v) is 2.35. The second-order valence-corrected chi connectivity index (χ2v) is 3.62. The molecule has 0 aromatic heterocycles. The predicted octanol–water partition coefficient (Wildman–Crippen LogP) is 2.11. The summed E-state index contributed by atoms with van der Waals surface area (Å²) in [5.74, 6) is 0.125. The third kappa shape index (κ3) is 2.73. The summed E-state index contributed by atoms with van der Waals surface area (Å²) in [6, 6.07) is 9.49. The van der Waals surface area contributed by atoms with Crippen LogP contribution in [0.1, 0.15) is 5.56 Å². The fraction of sp³-hybridized carbons (Fsp3) is 0.154. The van der Waals surface area contributed by atoms with E-state index >= 15 is 0 Å². The molecule has 1 aliphatic heterocycles. The highest BCUT2D eigenvalue weighted by molar-refractivity contribution is 5.65. The molecule has 2 rings (SSSR count). The van der Waals surface area contributed by atoms with Gasteiger partial charge in [-0.05, 0) is 5.56 Å². The minimum atomic E-state index is -0.964. The molecular weight excluding hydrogens is 220 g/mol. The van der Waals surface area contributed by atoms with Gasteiger partial charge in [0.2, 0.25) is 0 Å². The van der Waals surface area contributed by atoms with E-state index in [1.807, 2.05) is 30.3 Å². The number of carbonyl (C=O) groups is 1. The number of rotatable bonds is 3. The van der Waals surface area contributed by atoms with E-state index in [9.17, 15) is 9.90 Å². The molecule has 1 heterocycles. The lowest BCUT2D eigenvalue weighted by atomic mass is 10.1. The molecule has 1 aromatic rings. The number of hydrogen-bond donors (Lipinski definition) is 1. The molecule has 0 radical (unpaired) electrons. The molecule has 1 aromatic carbocycles. The van der Waals surface area contributed by atoms with E-state index in [0.29, 0.717) is 0 Å². The van der Waals surface area contributed by atoms with Crippen LogP contribution in [0.4, 0.5) is 4.79 Å². The summed E-state index contributed by atoms with van der Waals surface area (Å²) >= 11 is 0. The van der Waals surface area contributed by atoms with Gasteiger partial charge in [0.1, 0.15) is 11.9 Å². The van der Waals surface area contributed by atoms with Crippen LogP contribution in [0.2, 0.25) is 0 Å². The Balaban J connectivity index is 2.02. The summed E-state index contributed by atoms with van der Waals surface area (Å²) in [6.07, 6.45) is 0.654. The van der Waals surface area contributed by atoms with Crippen molar-refractivity contribution in [3.8, 4) is 0 Å². The van der Waals surface area contributed by atoms with Gasteiger partial charge in [0.25, 0.3) is 0 Å². The zero-order chi connectivity index (χ0) is 12.3. The Labute approximate surface area is 98.8 Å². The molecule has 4 nitrogen and oxygen atoms in total. The zero-order valence-electron chi connectivity index (χ0n) is 9.08. The Bertz CT molecular complexity index is 450. The minimum absolute atomic E-state index is 0.125. The summed E-state index contributed by atoms with van der Waals surface area (Å²) in [5.41, 5.74) is 0.947. The van der Waals surface area contributed by atoms with Crippen molar-refractivity contribution in [1.29, 1.82) is 0 Å². The maximum Gasteiger partial charge on any atom is 0.514 e. The Morgan fingerprint density at radius 1 is 1.35 bits per heavy atom. The Morgan fingerprint density at radius 3 is 2.65 bits per heavy atom. The van der Waals surface area contributed by atoms with E-state index in [1.54, 1.807) is 6.08 Å². The molecule has 1 N–H and O–H groups in total. The second-order valence-electron chi connectivity index (χ2n) is 3.62. The highest BCUT2D eigenvalue weighted by Crippen LogP contribution is 2.21. The van der Waals surface area contributed by atoms with Crippen LogP contribution in [-0.4, -0.2) is 23.5 Å². The molecule has 1 fully saturated rings. The molecular formula is C13H12O4. The van der Waals surface area contributed by atoms with E-state index in [2.05, 4.69) is 11.3 Å². The van der Waals surface area contributed by atoms with Crippen LogP contribution < -0.4 is 0 Å². The van der Waals surface area contributed by atoms with Gasteiger partial charge in [0, 0.05) is 0 Å². The first-order valence-electron chi connectivity index (χ1n) is 5.15. The first kappa shape index (κ1) is 11.4. The van der Waals surface area contributed by atoms with Crippen molar-refractivity contribution in [2.45, 2.75) is 12.2 Å². The Hall–Kier alpha value is -2.07. The van der Waals surface area contributed by atoms with Gasteiger partial charge in [-0.2, -0.15) is 0 Å². The molecule has 17 heavy (non-hydrogen) atoms. The van der Waals surface area contributed by atoms with Crippen molar-refractivity contribution in [3.05, 3.63) is 54.3 Å². The van der Waals surface area contributed by atoms with E-state index in [1.165, 1.54) is 6.08 Å². The van der Waals surface area contributed by atoms with E-state index in [-0.39, 0.29) is 5.76 Å². The number of ether oxygens (including phenoxy) is 2. The van der Waals surface area contributed by atoms with E-state index in [0.717, 1.165) is 5.56 Å². The van der Waals surface area contributed by atoms with Crippen LogP contribution in [-0.2, 0) is 9.47 Å². The lowest BCUT2D eigenvalue weighted by Crippen LogP contribution is -2.24. The van der Waals surface area contributed by atoms with Gasteiger partial charge in [-0.3, -0.25) is 0 Å². The van der Waals surface area contributed by atoms with Crippen molar-refractivity contribution < 1.29 is 19.4 Å². The van der Waals surface area contributed by atoms with Gasteiger partial charge >= 0.3 is 6.16 Å². The van der Waals surface area contributed by atoms with Crippen LogP contribution in [0.15, 0.2) is 48.7 Å². The topological polar surface area (TPSA) is 55.8 Å². The van der Waals surface area contributed by atoms with Crippen molar-refractivity contribution in [3.63, 3.8) is 0 Å². The zero-order valence-corrected chi connectivity index (χ0v) is 9.08. The molecule has 0 bridgehead atoms. The molecule has 0 amide bonds. The van der Waals surface area contributed by atoms with Gasteiger partial charge in [0.05, 0.1) is 0 Å². The predicted molar refractivity (Wildman–Crippen MR) is 62.0 cm³/mol. The third-order valence-electron chi connectivity index (χ3n) is 2.35. The normalized spacial score (nSPS) is 21.4. The largest absolute Gasteiger partial charge is 0.514 e. The maximum absolute atomic E-state index is 10.8. The summed E-state index contributed by atoms with van der Waals surface area (Å²) in [6.45, 7) is 3.50. The first-order chi connectivity index (χ1) is 8.16. The molecule has 88 valence electrons. The average Bonchev–Trinajstić information content (AvgIpc) is 2.67. The van der Waals surface area contributed by atoms with E-state index in [4.69, 9.17) is 4.74 Å². The van der Waals surface area contributed by atoms with Gasteiger partial charge in [-0.1, -0.05) is 49.1 Å². The lowest BCUT2D eigenvalue weighted by Gasteiger charge is -2.10. The smallest absolute Gasteiger partial charge is 0.419 e. The number of aliphatic hydroxyl groups excluding tert-OH is 1. The van der Waals surface area contributed by atoms with Crippen LogP contribution in [0.3, 0.4) is 0 Å². The molecule has 0 unspecified atom stereocenters. The fourth-order valence-corrected chi connectivity index (χ4v) is 1.49. The lowest BCUT2D eigenvalue weighted by molar-refractivity contribution is 0.0651. The molecule has 1 saturated heterocycles. The summed E-state index contributed by atoms with van der Waals surface area (Å²) < 4.78 is 9.36. The van der Waals surface area contributed by atoms with Gasteiger partial charge < -0.3 is 14.6 Å². The van der Waals surface area contributed by atoms with Crippen LogP contribution >= 0.6 is 0 Å². The number of cyclic esters (lactones) is 2. The molecule has 0 spiro atoms. The molecule has 4 heteroatoms. The number of benzene rings is 1. The van der Waals surface area contributed by atoms with E-state index < -0.39 is 18.4 Å². The minimum Gasteiger partial charge on any atom is -0.419 e. The van der Waals surface area contributed by atoms with Crippen molar-refractivity contribution in [2.24, 2.45) is 0 Å². The first-order valence-corrected chi connectivity index (χ1v) is 5.15. The molecule has 0 saturated carbocycles. The summed E-state index contributed by atoms with van der Waals surface area (Å²) in [5, 5.41) is 9.79. The van der Waals surface area contributed by atoms with Crippen molar-refractivity contribution >= 4 is 12.2 Å². The number of carbonyl (C=O) groups excluding carboxylic acids is 1. The Morgan fingerprint density at radius 2 is 2.06 bits per heavy atom. The quantitative estimate of drug-likeness (QED) is 0.811. The second kappa shape index (κ2) is 4.84. The Kier molecular flexibility index (Phi) is 3.25. The van der Waals surface area contributed by atoms with Crippen molar-refractivity contribution in [1.82, 2.24) is 0 Å². The van der Waals surface area contributed by atoms with Gasteiger partial charge in [0.15, 0.2) is 6.10 Å². The number of aliphatic hydroxyl groups is 1. The van der Waals surface area contributed by atoms with Crippen LogP contribution in [0.5, 0.6) is 0 Å². The van der Waals surface area contributed by atoms with Crippen LogP contribution in [0.25, 0.3) is 6.08 Å². The molecule has 1 aliphatic rings. The van der Waals surface area contributed by atoms with Gasteiger partial charge in [-0.25, -0.2) is 4.79 Å². The maximum atomic E-state index is 10.8. The van der Waals surface area contributed by atoms with Crippen LogP contribution in [0, 0.1) is 0 Å². The molecule has 0 aliphatic carbocycles.